The van der Waals surface area contributed by atoms with E-state index in [4.69, 9.17) is 4.74 Å². The standard InChI is InChI=1S/C14H28N2O/c1-16(14-6-10-17-11-7-14)9-8-15-12-13-4-2-3-5-13/h13-15H,2-12H2,1H3. The molecule has 0 spiro atoms. The largest absolute Gasteiger partial charge is 0.381 e. The molecule has 100 valence electrons. The first kappa shape index (κ1) is 13.3. The quantitative estimate of drug-likeness (QED) is 0.717. The lowest BCUT2D eigenvalue weighted by atomic mass is 10.1. The fourth-order valence-electron chi connectivity index (χ4n) is 3.08. The number of hydrogen-bond donors (Lipinski definition) is 1. The monoisotopic (exact) mass is 240 g/mol. The van der Waals surface area contributed by atoms with Crippen LogP contribution in [0.2, 0.25) is 0 Å². The highest BCUT2D eigenvalue weighted by atomic mass is 16.5. The smallest absolute Gasteiger partial charge is 0.0480 e. The summed E-state index contributed by atoms with van der Waals surface area (Å²) < 4.78 is 5.40. The van der Waals surface area contributed by atoms with E-state index in [1.807, 2.05) is 0 Å². The molecule has 3 heteroatoms. The fourth-order valence-corrected chi connectivity index (χ4v) is 3.08. The Morgan fingerprint density at radius 1 is 1.12 bits per heavy atom. The van der Waals surface area contributed by atoms with E-state index in [1.54, 1.807) is 0 Å². The normalized spacial score (nSPS) is 23.6. The first-order chi connectivity index (χ1) is 8.36. The summed E-state index contributed by atoms with van der Waals surface area (Å²) in [6.07, 6.45) is 8.21. The van der Waals surface area contributed by atoms with Crippen molar-refractivity contribution >= 4 is 0 Å². The SMILES string of the molecule is CN(CCNCC1CCCC1)C1CCOCC1. The van der Waals surface area contributed by atoms with Crippen LogP contribution in [0, 0.1) is 5.92 Å². The van der Waals surface area contributed by atoms with Gasteiger partial charge in [0.05, 0.1) is 0 Å². The number of rotatable bonds is 6. The van der Waals surface area contributed by atoms with Gasteiger partial charge in [-0.15, -0.1) is 0 Å². The summed E-state index contributed by atoms with van der Waals surface area (Å²) in [6.45, 7) is 5.46. The van der Waals surface area contributed by atoms with E-state index in [0.29, 0.717) is 0 Å². The summed E-state index contributed by atoms with van der Waals surface area (Å²) in [7, 11) is 2.26. The van der Waals surface area contributed by atoms with E-state index in [0.717, 1.165) is 31.7 Å². The van der Waals surface area contributed by atoms with E-state index in [1.165, 1.54) is 51.6 Å². The summed E-state index contributed by atoms with van der Waals surface area (Å²) in [6, 6.07) is 0.747. The van der Waals surface area contributed by atoms with Gasteiger partial charge in [0.15, 0.2) is 0 Å². The van der Waals surface area contributed by atoms with Crippen LogP contribution in [0.25, 0.3) is 0 Å². The molecule has 0 aromatic heterocycles. The van der Waals surface area contributed by atoms with Gasteiger partial charge in [-0.05, 0) is 45.2 Å². The van der Waals surface area contributed by atoms with Gasteiger partial charge in [-0.1, -0.05) is 12.8 Å². The molecule has 1 saturated heterocycles. The molecule has 0 atom stereocenters. The van der Waals surface area contributed by atoms with Gasteiger partial charge in [-0.2, -0.15) is 0 Å². The molecule has 2 aliphatic rings. The number of ether oxygens (including phenoxy) is 1. The van der Waals surface area contributed by atoms with Crippen LogP contribution in [0.15, 0.2) is 0 Å². The number of nitrogens with one attached hydrogen (secondary N) is 1. The lowest BCUT2D eigenvalue weighted by molar-refractivity contribution is 0.0433. The van der Waals surface area contributed by atoms with E-state index < -0.39 is 0 Å². The number of hydrogen-bond acceptors (Lipinski definition) is 3. The summed E-state index contributed by atoms with van der Waals surface area (Å²) in [4.78, 5) is 2.50. The second-order valence-corrected chi connectivity index (χ2v) is 5.68. The van der Waals surface area contributed by atoms with Crippen LogP contribution in [-0.4, -0.2) is 50.8 Å². The van der Waals surface area contributed by atoms with Gasteiger partial charge < -0.3 is 15.0 Å². The van der Waals surface area contributed by atoms with E-state index in [-0.39, 0.29) is 0 Å². The minimum atomic E-state index is 0.747. The maximum Gasteiger partial charge on any atom is 0.0480 e. The van der Waals surface area contributed by atoms with Crippen molar-refractivity contribution in [3.05, 3.63) is 0 Å². The molecule has 0 aromatic rings. The lowest BCUT2D eigenvalue weighted by Crippen LogP contribution is -2.40. The molecule has 0 amide bonds. The van der Waals surface area contributed by atoms with Crippen LogP contribution < -0.4 is 5.32 Å². The van der Waals surface area contributed by atoms with Crippen LogP contribution in [0.3, 0.4) is 0 Å². The highest BCUT2D eigenvalue weighted by Crippen LogP contribution is 2.23. The van der Waals surface area contributed by atoms with Crippen LogP contribution in [0.4, 0.5) is 0 Å². The second kappa shape index (κ2) is 7.34. The Morgan fingerprint density at radius 3 is 2.53 bits per heavy atom. The molecule has 1 N–H and O–H groups in total. The summed E-state index contributed by atoms with van der Waals surface area (Å²) in [5.74, 6) is 0.961. The van der Waals surface area contributed by atoms with Crippen molar-refractivity contribution in [2.24, 2.45) is 5.92 Å². The topological polar surface area (TPSA) is 24.5 Å². The highest BCUT2D eigenvalue weighted by molar-refractivity contribution is 4.73. The maximum absolute atomic E-state index is 5.40. The molecule has 1 heterocycles. The van der Waals surface area contributed by atoms with Crippen LogP contribution in [0.5, 0.6) is 0 Å². The van der Waals surface area contributed by atoms with E-state index in [2.05, 4.69) is 17.3 Å². The fraction of sp³-hybridized carbons (Fsp3) is 1.00. The molecule has 0 unspecified atom stereocenters. The van der Waals surface area contributed by atoms with E-state index in [9.17, 15) is 0 Å². The number of nitrogens with zero attached hydrogens (tertiary/aromatic N) is 1. The zero-order valence-corrected chi connectivity index (χ0v) is 11.3. The zero-order valence-electron chi connectivity index (χ0n) is 11.3. The summed E-state index contributed by atoms with van der Waals surface area (Å²) >= 11 is 0. The third-order valence-corrected chi connectivity index (χ3v) is 4.36. The predicted molar refractivity (Wildman–Crippen MR) is 71.3 cm³/mol. The molecule has 3 nitrogen and oxygen atoms in total. The molecule has 1 aliphatic heterocycles. The second-order valence-electron chi connectivity index (χ2n) is 5.68. The Kier molecular flexibility index (Phi) is 5.75. The molecule has 2 rings (SSSR count). The molecular formula is C14H28N2O. The Hall–Kier alpha value is -0.120. The van der Waals surface area contributed by atoms with Crippen LogP contribution in [0.1, 0.15) is 38.5 Å². The Bertz CT molecular complexity index is 198. The Labute approximate surface area is 106 Å². The van der Waals surface area contributed by atoms with Crippen LogP contribution >= 0.6 is 0 Å². The van der Waals surface area contributed by atoms with Crippen molar-refractivity contribution in [3.8, 4) is 0 Å². The molecule has 1 aliphatic carbocycles. The van der Waals surface area contributed by atoms with Crippen molar-refractivity contribution in [2.45, 2.75) is 44.6 Å². The minimum Gasteiger partial charge on any atom is -0.381 e. The minimum absolute atomic E-state index is 0.747. The van der Waals surface area contributed by atoms with Crippen molar-refractivity contribution in [2.75, 3.05) is 39.9 Å². The van der Waals surface area contributed by atoms with Gasteiger partial charge in [0.2, 0.25) is 0 Å². The van der Waals surface area contributed by atoms with Gasteiger partial charge in [-0.3, -0.25) is 0 Å². The summed E-state index contributed by atoms with van der Waals surface area (Å²) in [5.41, 5.74) is 0. The Balaban J connectivity index is 1.51. The average Bonchev–Trinajstić information content (AvgIpc) is 2.88. The zero-order chi connectivity index (χ0) is 11.9. The molecular weight excluding hydrogens is 212 g/mol. The molecule has 2 fully saturated rings. The summed E-state index contributed by atoms with van der Waals surface area (Å²) in [5, 5.41) is 3.62. The van der Waals surface area contributed by atoms with E-state index >= 15 is 0 Å². The molecule has 1 saturated carbocycles. The Morgan fingerprint density at radius 2 is 1.82 bits per heavy atom. The van der Waals surface area contributed by atoms with Crippen molar-refractivity contribution in [1.29, 1.82) is 0 Å². The molecule has 0 aromatic carbocycles. The lowest BCUT2D eigenvalue weighted by Gasteiger charge is -2.31. The third kappa shape index (κ3) is 4.57. The molecule has 17 heavy (non-hydrogen) atoms. The van der Waals surface area contributed by atoms with Gasteiger partial charge in [0.1, 0.15) is 0 Å². The first-order valence-corrected chi connectivity index (χ1v) is 7.35. The maximum atomic E-state index is 5.40. The van der Waals surface area contributed by atoms with Crippen molar-refractivity contribution < 1.29 is 4.74 Å². The average molecular weight is 240 g/mol. The van der Waals surface area contributed by atoms with Gasteiger partial charge >= 0.3 is 0 Å². The van der Waals surface area contributed by atoms with Gasteiger partial charge in [0.25, 0.3) is 0 Å². The first-order valence-electron chi connectivity index (χ1n) is 7.35. The third-order valence-electron chi connectivity index (χ3n) is 4.36. The van der Waals surface area contributed by atoms with Crippen molar-refractivity contribution in [3.63, 3.8) is 0 Å². The predicted octanol–water partition coefficient (Wildman–Crippen LogP) is 1.88. The van der Waals surface area contributed by atoms with Gasteiger partial charge in [-0.25, -0.2) is 0 Å². The van der Waals surface area contributed by atoms with Crippen molar-refractivity contribution in [1.82, 2.24) is 10.2 Å². The van der Waals surface area contributed by atoms with Crippen LogP contribution in [-0.2, 0) is 4.74 Å². The van der Waals surface area contributed by atoms with Gasteiger partial charge in [0, 0.05) is 32.3 Å². The molecule has 0 radical (unpaired) electrons. The molecule has 0 bridgehead atoms. The number of likely N-dealkylation sites (N-methyl/N-ethyl adjacent to an activating group) is 1. The highest BCUT2D eigenvalue weighted by Gasteiger charge is 2.18.